The molecule has 2 nitrogen and oxygen atoms in total. The normalized spacial score (nSPS) is 12.6. The minimum atomic E-state index is 0.516. The zero-order chi connectivity index (χ0) is 19.1. The highest BCUT2D eigenvalue weighted by Gasteiger charge is 2.12. The molecule has 1 atom stereocenters. The molecule has 0 saturated heterocycles. The van der Waals surface area contributed by atoms with E-state index >= 15 is 0 Å². The molecule has 0 radical (unpaired) electrons. The number of hydrogen-bond donors (Lipinski definition) is 0. The molecule has 138 valence electrons. The molecule has 5 rings (SSSR count). The van der Waals surface area contributed by atoms with Gasteiger partial charge in [-0.3, -0.25) is 0 Å². The first kappa shape index (κ1) is 16.9. The molecule has 3 aromatic carbocycles. The zero-order valence-corrected chi connectivity index (χ0v) is 16.3. The quantitative estimate of drug-likeness (QED) is 0.322. The number of fused-ring (bicyclic) bond motifs is 2. The van der Waals surface area contributed by atoms with Crippen molar-refractivity contribution in [3.05, 3.63) is 96.8 Å². The Morgan fingerprint density at radius 1 is 0.679 bits per heavy atom. The molecule has 0 fully saturated rings. The van der Waals surface area contributed by atoms with E-state index in [1.807, 2.05) is 0 Å². The standard InChI is InChI=1S/C26H24N2/c1-3-19(2)22-16-23(27-14-12-20-8-4-6-10-25(20)27)18-24(17-22)28-15-13-21-9-5-7-11-26(21)28/h4-19H,3H2,1-2H3. The van der Waals surface area contributed by atoms with Crippen LogP contribution in [0.2, 0.25) is 0 Å². The summed E-state index contributed by atoms with van der Waals surface area (Å²) in [6.45, 7) is 4.57. The van der Waals surface area contributed by atoms with E-state index in [9.17, 15) is 0 Å². The maximum Gasteiger partial charge on any atom is 0.0528 e. The van der Waals surface area contributed by atoms with Gasteiger partial charge in [0, 0.05) is 23.8 Å². The molecule has 2 aromatic heterocycles. The highest BCUT2D eigenvalue weighted by Crippen LogP contribution is 2.29. The van der Waals surface area contributed by atoms with Gasteiger partial charge in [-0.05, 0) is 71.1 Å². The molecule has 28 heavy (non-hydrogen) atoms. The molecule has 2 heterocycles. The van der Waals surface area contributed by atoms with Gasteiger partial charge in [-0.1, -0.05) is 50.2 Å². The summed E-state index contributed by atoms with van der Waals surface area (Å²) in [4.78, 5) is 0. The Morgan fingerprint density at radius 3 is 1.68 bits per heavy atom. The highest BCUT2D eigenvalue weighted by molar-refractivity contribution is 5.83. The average Bonchev–Trinajstić information content (AvgIpc) is 3.37. The summed E-state index contributed by atoms with van der Waals surface area (Å²) in [7, 11) is 0. The van der Waals surface area contributed by atoms with Gasteiger partial charge in [0.1, 0.15) is 0 Å². The molecule has 5 aromatic rings. The second kappa shape index (κ2) is 6.72. The minimum Gasteiger partial charge on any atom is -0.316 e. The Labute approximate surface area is 165 Å². The lowest BCUT2D eigenvalue weighted by Gasteiger charge is -2.16. The van der Waals surface area contributed by atoms with Crippen molar-refractivity contribution in [2.24, 2.45) is 0 Å². The second-order valence-electron chi connectivity index (χ2n) is 7.58. The number of benzene rings is 3. The van der Waals surface area contributed by atoms with Gasteiger partial charge in [0.05, 0.1) is 11.0 Å². The fourth-order valence-corrected chi connectivity index (χ4v) is 4.03. The van der Waals surface area contributed by atoms with E-state index in [0.717, 1.165) is 6.42 Å². The number of rotatable bonds is 4. The summed E-state index contributed by atoms with van der Waals surface area (Å²) in [6.07, 6.45) is 5.48. The fraction of sp³-hybridized carbons (Fsp3) is 0.154. The van der Waals surface area contributed by atoms with Crippen molar-refractivity contribution in [2.75, 3.05) is 0 Å². The Hall–Kier alpha value is -3.26. The monoisotopic (exact) mass is 364 g/mol. The van der Waals surface area contributed by atoms with Crippen molar-refractivity contribution in [3.63, 3.8) is 0 Å². The lowest BCUT2D eigenvalue weighted by atomic mass is 9.97. The Morgan fingerprint density at radius 2 is 1.18 bits per heavy atom. The summed E-state index contributed by atoms with van der Waals surface area (Å²) in [5, 5.41) is 2.54. The summed E-state index contributed by atoms with van der Waals surface area (Å²) in [6, 6.07) is 28.5. The van der Waals surface area contributed by atoms with Gasteiger partial charge in [-0.25, -0.2) is 0 Å². The van der Waals surface area contributed by atoms with Gasteiger partial charge in [-0.15, -0.1) is 0 Å². The van der Waals surface area contributed by atoms with E-state index in [4.69, 9.17) is 0 Å². The third kappa shape index (κ3) is 2.73. The fourth-order valence-electron chi connectivity index (χ4n) is 4.03. The molecular formula is C26H24N2. The van der Waals surface area contributed by atoms with Crippen LogP contribution in [0.15, 0.2) is 91.3 Å². The molecule has 0 bridgehead atoms. The first-order valence-electron chi connectivity index (χ1n) is 10.0. The van der Waals surface area contributed by atoms with Crippen LogP contribution in [0.1, 0.15) is 31.7 Å². The third-order valence-electron chi connectivity index (χ3n) is 5.86. The number of aromatic nitrogens is 2. The topological polar surface area (TPSA) is 9.86 Å². The van der Waals surface area contributed by atoms with E-state index in [1.54, 1.807) is 0 Å². The van der Waals surface area contributed by atoms with E-state index in [2.05, 4.69) is 114 Å². The Balaban J connectivity index is 1.75. The molecule has 0 saturated carbocycles. The van der Waals surface area contributed by atoms with E-state index < -0.39 is 0 Å². The smallest absolute Gasteiger partial charge is 0.0528 e. The Bertz CT molecular complexity index is 1180. The van der Waals surface area contributed by atoms with Gasteiger partial charge in [0.25, 0.3) is 0 Å². The van der Waals surface area contributed by atoms with Gasteiger partial charge in [0.2, 0.25) is 0 Å². The number of nitrogens with zero attached hydrogens (tertiary/aromatic N) is 2. The number of para-hydroxylation sites is 2. The van der Waals surface area contributed by atoms with Crippen molar-refractivity contribution in [1.82, 2.24) is 9.13 Å². The van der Waals surface area contributed by atoms with Gasteiger partial charge < -0.3 is 9.13 Å². The lowest BCUT2D eigenvalue weighted by Crippen LogP contribution is -2.01. The molecule has 1 unspecified atom stereocenters. The molecule has 0 amide bonds. The summed E-state index contributed by atoms with van der Waals surface area (Å²) >= 11 is 0. The van der Waals surface area contributed by atoms with E-state index in [0.29, 0.717) is 5.92 Å². The largest absolute Gasteiger partial charge is 0.316 e. The van der Waals surface area contributed by atoms with Crippen LogP contribution >= 0.6 is 0 Å². The van der Waals surface area contributed by atoms with Gasteiger partial charge in [-0.2, -0.15) is 0 Å². The lowest BCUT2D eigenvalue weighted by molar-refractivity contribution is 0.732. The molecule has 0 aliphatic rings. The second-order valence-corrected chi connectivity index (χ2v) is 7.58. The zero-order valence-electron chi connectivity index (χ0n) is 16.3. The van der Waals surface area contributed by atoms with Crippen LogP contribution in [0.4, 0.5) is 0 Å². The van der Waals surface area contributed by atoms with E-state index in [1.165, 1.54) is 38.7 Å². The average molecular weight is 364 g/mol. The van der Waals surface area contributed by atoms with Crippen molar-refractivity contribution >= 4 is 21.8 Å². The van der Waals surface area contributed by atoms with Crippen molar-refractivity contribution in [3.8, 4) is 11.4 Å². The molecule has 0 N–H and O–H groups in total. The third-order valence-corrected chi connectivity index (χ3v) is 5.86. The van der Waals surface area contributed by atoms with Crippen LogP contribution < -0.4 is 0 Å². The van der Waals surface area contributed by atoms with Crippen molar-refractivity contribution in [2.45, 2.75) is 26.2 Å². The van der Waals surface area contributed by atoms with Crippen LogP contribution in [0, 0.1) is 0 Å². The van der Waals surface area contributed by atoms with Crippen molar-refractivity contribution < 1.29 is 0 Å². The predicted molar refractivity (Wildman–Crippen MR) is 119 cm³/mol. The first-order valence-corrected chi connectivity index (χ1v) is 10.0. The first-order chi connectivity index (χ1) is 13.7. The van der Waals surface area contributed by atoms with Crippen LogP contribution in [-0.4, -0.2) is 9.13 Å². The maximum atomic E-state index is 2.34. The molecule has 0 aliphatic heterocycles. The molecule has 0 aliphatic carbocycles. The minimum absolute atomic E-state index is 0.516. The van der Waals surface area contributed by atoms with Crippen LogP contribution in [0.3, 0.4) is 0 Å². The van der Waals surface area contributed by atoms with Crippen LogP contribution in [0.25, 0.3) is 33.2 Å². The highest BCUT2D eigenvalue weighted by atomic mass is 15.0. The Kier molecular flexibility index (Phi) is 4.05. The number of hydrogen-bond acceptors (Lipinski definition) is 0. The van der Waals surface area contributed by atoms with Gasteiger partial charge >= 0.3 is 0 Å². The molecule has 2 heteroatoms. The van der Waals surface area contributed by atoms with Crippen molar-refractivity contribution in [1.29, 1.82) is 0 Å². The molecular weight excluding hydrogens is 340 g/mol. The van der Waals surface area contributed by atoms with Gasteiger partial charge in [0.15, 0.2) is 0 Å². The van der Waals surface area contributed by atoms with E-state index in [-0.39, 0.29) is 0 Å². The summed E-state index contributed by atoms with van der Waals surface area (Å²) in [5.41, 5.74) is 6.29. The summed E-state index contributed by atoms with van der Waals surface area (Å²) in [5.74, 6) is 0.516. The maximum absolute atomic E-state index is 2.34. The predicted octanol–water partition coefficient (Wildman–Crippen LogP) is 7.09. The summed E-state index contributed by atoms with van der Waals surface area (Å²) < 4.78 is 4.60. The van der Waals surface area contributed by atoms with Crippen LogP contribution in [-0.2, 0) is 0 Å². The molecule has 0 spiro atoms. The van der Waals surface area contributed by atoms with Crippen LogP contribution in [0.5, 0.6) is 0 Å². The SMILES string of the molecule is CCC(C)c1cc(-n2ccc3ccccc32)cc(-n2ccc3ccccc32)c1.